The van der Waals surface area contributed by atoms with E-state index in [9.17, 15) is 9.90 Å². The molecule has 1 N–H and O–H groups in total. The smallest absolute Gasteiger partial charge is 0.333 e. The summed E-state index contributed by atoms with van der Waals surface area (Å²) in [5.74, 6) is 0.0791. The van der Waals surface area contributed by atoms with Gasteiger partial charge in [-0.05, 0) is 32.6 Å². The zero-order valence-electron chi connectivity index (χ0n) is 10.2. The van der Waals surface area contributed by atoms with Crippen LogP contribution >= 0.6 is 0 Å². The molecule has 2 unspecified atom stereocenters. The van der Waals surface area contributed by atoms with E-state index in [-0.39, 0.29) is 12.1 Å². The van der Waals surface area contributed by atoms with Crippen LogP contribution in [0.1, 0.15) is 46.0 Å². The SMILES string of the molecule is C=C(C)C(=O)OC(CC(C)O)C1CCCC1. The molecular formula is C13H22O3. The number of ether oxygens (including phenoxy) is 1. The van der Waals surface area contributed by atoms with Crippen molar-refractivity contribution in [3.8, 4) is 0 Å². The fourth-order valence-electron chi connectivity index (χ4n) is 2.24. The lowest BCUT2D eigenvalue weighted by Crippen LogP contribution is -2.29. The Bertz CT molecular complexity index is 252. The fraction of sp³-hybridized carbons (Fsp3) is 0.769. The Morgan fingerprint density at radius 2 is 2.06 bits per heavy atom. The van der Waals surface area contributed by atoms with Gasteiger partial charge in [0.1, 0.15) is 6.10 Å². The highest BCUT2D eigenvalue weighted by Gasteiger charge is 2.29. The van der Waals surface area contributed by atoms with Gasteiger partial charge in [-0.3, -0.25) is 0 Å². The van der Waals surface area contributed by atoms with E-state index in [2.05, 4.69) is 6.58 Å². The molecule has 16 heavy (non-hydrogen) atoms. The van der Waals surface area contributed by atoms with Gasteiger partial charge in [-0.1, -0.05) is 19.4 Å². The van der Waals surface area contributed by atoms with Gasteiger partial charge >= 0.3 is 5.97 Å². The maximum atomic E-state index is 11.5. The number of rotatable bonds is 5. The molecule has 0 aromatic rings. The molecule has 2 atom stereocenters. The second kappa shape index (κ2) is 6.04. The van der Waals surface area contributed by atoms with Gasteiger partial charge in [0.15, 0.2) is 0 Å². The molecule has 0 aromatic carbocycles. The molecule has 0 spiro atoms. The topological polar surface area (TPSA) is 46.5 Å². The van der Waals surface area contributed by atoms with Crippen molar-refractivity contribution in [3.63, 3.8) is 0 Å². The van der Waals surface area contributed by atoms with Gasteiger partial charge in [0.2, 0.25) is 0 Å². The molecule has 0 aromatic heterocycles. The van der Waals surface area contributed by atoms with Crippen molar-refractivity contribution < 1.29 is 14.6 Å². The first-order chi connectivity index (χ1) is 7.50. The first-order valence-electron chi connectivity index (χ1n) is 6.05. The average molecular weight is 226 g/mol. The summed E-state index contributed by atoms with van der Waals surface area (Å²) in [6.07, 6.45) is 4.55. The highest BCUT2D eigenvalue weighted by molar-refractivity contribution is 5.87. The van der Waals surface area contributed by atoms with Crippen LogP contribution in [0.15, 0.2) is 12.2 Å². The Morgan fingerprint density at radius 1 is 1.50 bits per heavy atom. The van der Waals surface area contributed by atoms with Crippen molar-refractivity contribution in [3.05, 3.63) is 12.2 Å². The average Bonchev–Trinajstić information content (AvgIpc) is 2.68. The normalized spacial score (nSPS) is 20.4. The van der Waals surface area contributed by atoms with E-state index in [0.717, 1.165) is 12.8 Å². The maximum absolute atomic E-state index is 11.5. The van der Waals surface area contributed by atoms with E-state index < -0.39 is 6.10 Å². The van der Waals surface area contributed by atoms with Crippen molar-refractivity contribution >= 4 is 5.97 Å². The first kappa shape index (κ1) is 13.2. The van der Waals surface area contributed by atoms with Crippen LogP contribution in [-0.2, 0) is 9.53 Å². The monoisotopic (exact) mass is 226 g/mol. The maximum Gasteiger partial charge on any atom is 0.333 e. The van der Waals surface area contributed by atoms with E-state index in [1.165, 1.54) is 12.8 Å². The molecule has 3 heteroatoms. The fourth-order valence-corrected chi connectivity index (χ4v) is 2.24. The lowest BCUT2D eigenvalue weighted by Gasteiger charge is -2.24. The summed E-state index contributed by atoms with van der Waals surface area (Å²) >= 11 is 0. The van der Waals surface area contributed by atoms with Gasteiger partial charge in [0.05, 0.1) is 6.10 Å². The number of hydrogen-bond donors (Lipinski definition) is 1. The van der Waals surface area contributed by atoms with Crippen molar-refractivity contribution in [2.75, 3.05) is 0 Å². The summed E-state index contributed by atoms with van der Waals surface area (Å²) in [4.78, 5) is 11.5. The highest BCUT2D eigenvalue weighted by Crippen LogP contribution is 2.31. The molecule has 0 amide bonds. The Labute approximate surface area is 97.5 Å². The molecule has 1 aliphatic carbocycles. The van der Waals surface area contributed by atoms with Crippen LogP contribution in [0.25, 0.3) is 0 Å². The second-order valence-corrected chi connectivity index (χ2v) is 4.85. The summed E-state index contributed by atoms with van der Waals surface area (Å²) in [6, 6.07) is 0. The van der Waals surface area contributed by atoms with Crippen molar-refractivity contribution in [1.29, 1.82) is 0 Å². The zero-order valence-corrected chi connectivity index (χ0v) is 10.2. The minimum Gasteiger partial charge on any atom is -0.459 e. The van der Waals surface area contributed by atoms with Crippen molar-refractivity contribution in [1.82, 2.24) is 0 Å². The lowest BCUT2D eigenvalue weighted by molar-refractivity contribution is -0.148. The summed E-state index contributed by atoms with van der Waals surface area (Å²) in [6.45, 7) is 6.96. The van der Waals surface area contributed by atoms with E-state index in [4.69, 9.17) is 4.74 Å². The van der Waals surface area contributed by atoms with Crippen LogP contribution < -0.4 is 0 Å². The predicted octanol–water partition coefficient (Wildman–Crippen LogP) is 2.44. The van der Waals surface area contributed by atoms with Crippen LogP contribution in [0.5, 0.6) is 0 Å². The third kappa shape index (κ3) is 3.97. The molecule has 1 aliphatic rings. The minimum atomic E-state index is -0.427. The quantitative estimate of drug-likeness (QED) is 0.578. The van der Waals surface area contributed by atoms with E-state index in [1.807, 2.05) is 0 Å². The van der Waals surface area contributed by atoms with Gasteiger partial charge in [-0.25, -0.2) is 4.79 Å². The molecule has 0 saturated heterocycles. The minimum absolute atomic E-state index is 0.147. The van der Waals surface area contributed by atoms with Crippen LogP contribution in [0.3, 0.4) is 0 Å². The molecule has 0 radical (unpaired) electrons. The van der Waals surface area contributed by atoms with Gasteiger partial charge in [-0.2, -0.15) is 0 Å². The third-order valence-corrected chi connectivity index (χ3v) is 3.11. The number of aliphatic hydroxyl groups excluding tert-OH is 1. The van der Waals surface area contributed by atoms with E-state index in [1.54, 1.807) is 13.8 Å². The molecule has 1 saturated carbocycles. The molecule has 92 valence electrons. The van der Waals surface area contributed by atoms with Crippen molar-refractivity contribution in [2.45, 2.75) is 58.2 Å². The zero-order chi connectivity index (χ0) is 12.1. The molecule has 3 nitrogen and oxygen atoms in total. The number of carbonyl (C=O) groups excluding carboxylic acids is 1. The Morgan fingerprint density at radius 3 is 2.50 bits per heavy atom. The predicted molar refractivity (Wildman–Crippen MR) is 62.9 cm³/mol. The molecule has 0 bridgehead atoms. The Kier molecular flexibility index (Phi) is 5.00. The van der Waals surface area contributed by atoms with E-state index in [0.29, 0.717) is 17.9 Å². The number of esters is 1. The number of aliphatic hydroxyl groups is 1. The van der Waals surface area contributed by atoms with Gasteiger partial charge in [0, 0.05) is 12.0 Å². The second-order valence-electron chi connectivity index (χ2n) is 4.85. The summed E-state index contributed by atoms with van der Waals surface area (Å²) < 4.78 is 5.41. The molecular weight excluding hydrogens is 204 g/mol. The van der Waals surface area contributed by atoms with Crippen molar-refractivity contribution in [2.24, 2.45) is 5.92 Å². The number of carbonyl (C=O) groups is 1. The largest absolute Gasteiger partial charge is 0.459 e. The van der Waals surface area contributed by atoms with Crippen LogP contribution in [0.2, 0.25) is 0 Å². The highest BCUT2D eigenvalue weighted by atomic mass is 16.5. The summed E-state index contributed by atoms with van der Waals surface area (Å²) in [7, 11) is 0. The van der Waals surface area contributed by atoms with Gasteiger partial charge in [-0.15, -0.1) is 0 Å². The molecule has 1 rings (SSSR count). The van der Waals surface area contributed by atoms with E-state index >= 15 is 0 Å². The molecule has 0 aliphatic heterocycles. The molecule has 1 fully saturated rings. The Hall–Kier alpha value is -0.830. The van der Waals surface area contributed by atoms with Crippen LogP contribution in [0.4, 0.5) is 0 Å². The molecule has 0 heterocycles. The summed E-state index contributed by atoms with van der Waals surface area (Å²) in [5, 5.41) is 9.42. The van der Waals surface area contributed by atoms with Gasteiger partial charge in [0.25, 0.3) is 0 Å². The van der Waals surface area contributed by atoms with Crippen LogP contribution in [-0.4, -0.2) is 23.3 Å². The standard InChI is InChI=1S/C13H22O3/c1-9(2)13(15)16-12(8-10(3)14)11-6-4-5-7-11/h10-12,14H,1,4-8H2,2-3H3. The van der Waals surface area contributed by atoms with Gasteiger partial charge < -0.3 is 9.84 Å². The number of hydrogen-bond acceptors (Lipinski definition) is 3. The summed E-state index contributed by atoms with van der Waals surface area (Å²) in [5.41, 5.74) is 0.425. The lowest BCUT2D eigenvalue weighted by atomic mass is 9.96. The van der Waals surface area contributed by atoms with Crippen LogP contribution in [0, 0.1) is 5.92 Å². The Balaban J connectivity index is 2.55. The third-order valence-electron chi connectivity index (χ3n) is 3.11. The first-order valence-corrected chi connectivity index (χ1v) is 6.05.